The smallest absolute Gasteiger partial charge is 0.254 e. The lowest BCUT2D eigenvalue weighted by Crippen LogP contribution is -2.45. The minimum atomic E-state index is -0.289. The molecular weight excluding hydrogens is 591 g/mol. The second kappa shape index (κ2) is 12.0. The first-order valence-corrected chi connectivity index (χ1v) is 16.4. The van der Waals surface area contributed by atoms with Crippen LogP contribution in [0.25, 0.3) is 44.7 Å². The Morgan fingerprint density at radius 1 is 0.979 bits per heavy atom. The maximum atomic E-state index is 15.4. The van der Waals surface area contributed by atoms with Crippen LogP contribution in [-0.4, -0.2) is 56.2 Å². The van der Waals surface area contributed by atoms with Crippen LogP contribution in [-0.2, 0) is 19.5 Å². The van der Waals surface area contributed by atoms with Crippen molar-refractivity contribution in [1.29, 1.82) is 0 Å². The van der Waals surface area contributed by atoms with E-state index < -0.39 is 0 Å². The molecule has 3 aromatic heterocycles. The van der Waals surface area contributed by atoms with Crippen LogP contribution in [0, 0.1) is 5.82 Å². The van der Waals surface area contributed by atoms with E-state index in [4.69, 9.17) is 20.4 Å². The SMILES string of the molecule is COc1cc(C(=O)N2CCC[C@@H](N)C2)cc2nc3n(c12)Cc1cc(F)cc(c1)-c1ccccc1CCCCn1c-3cc2cccnc21. The average Bonchev–Trinajstić information content (AvgIpc) is 3.63. The van der Waals surface area contributed by atoms with E-state index in [-0.39, 0.29) is 17.8 Å². The molecule has 5 heterocycles. The van der Waals surface area contributed by atoms with Crippen molar-refractivity contribution in [3.8, 4) is 28.4 Å². The molecule has 8 rings (SSSR count). The van der Waals surface area contributed by atoms with E-state index in [1.165, 1.54) is 5.56 Å². The minimum absolute atomic E-state index is 0.0289. The van der Waals surface area contributed by atoms with Gasteiger partial charge in [-0.05, 0) is 103 Å². The zero-order chi connectivity index (χ0) is 32.1. The summed E-state index contributed by atoms with van der Waals surface area (Å²) in [5, 5.41) is 1.02. The maximum absolute atomic E-state index is 15.4. The average molecular weight is 629 g/mol. The summed E-state index contributed by atoms with van der Waals surface area (Å²) >= 11 is 0. The molecule has 6 aromatic rings. The van der Waals surface area contributed by atoms with E-state index in [0.717, 1.165) is 77.6 Å². The number of piperidine rings is 1. The number of nitrogens with two attached hydrogens (primary N) is 1. The monoisotopic (exact) mass is 628 g/mol. The van der Waals surface area contributed by atoms with Crippen molar-refractivity contribution in [2.24, 2.45) is 5.73 Å². The summed E-state index contributed by atoms with van der Waals surface area (Å²) in [6, 6.07) is 23.3. The predicted octanol–water partition coefficient (Wildman–Crippen LogP) is 6.82. The van der Waals surface area contributed by atoms with Crippen LogP contribution in [0.5, 0.6) is 5.75 Å². The van der Waals surface area contributed by atoms with Crippen LogP contribution in [0.15, 0.2) is 79.0 Å². The Labute approximate surface area is 272 Å². The summed E-state index contributed by atoms with van der Waals surface area (Å²) in [4.78, 5) is 25.5. The Bertz CT molecular complexity index is 2150. The van der Waals surface area contributed by atoms with Gasteiger partial charge in [0.25, 0.3) is 5.91 Å². The lowest BCUT2D eigenvalue weighted by atomic mass is 9.95. The van der Waals surface area contributed by atoms with E-state index in [9.17, 15) is 4.79 Å². The van der Waals surface area contributed by atoms with Crippen molar-refractivity contribution < 1.29 is 13.9 Å². The Morgan fingerprint density at radius 2 is 1.87 bits per heavy atom. The van der Waals surface area contributed by atoms with E-state index >= 15 is 4.39 Å². The standard InChI is InChI=1S/C38H37FN6O2/c1-47-34-21-28(38(46)43-14-7-11-30(40)23-43)19-32-35(34)45-22-24-16-27(18-29(39)17-24)31-12-3-2-8-25(31)9-4-5-15-44-33(37(45)42-32)20-26-10-6-13-41-36(26)44/h2-3,6,8,10,12-13,16-21,30H,4-5,7,9,11,14-15,22-23,40H2,1H3/t30-/m1/s1. The number of pyridine rings is 1. The van der Waals surface area contributed by atoms with Gasteiger partial charge in [0, 0.05) is 49.4 Å². The van der Waals surface area contributed by atoms with Gasteiger partial charge in [0.05, 0.1) is 18.3 Å². The number of rotatable bonds is 2. The number of carbonyl (C=O) groups excluding carboxylic acids is 1. The molecule has 1 amide bonds. The topological polar surface area (TPSA) is 91.2 Å². The van der Waals surface area contributed by atoms with Gasteiger partial charge in [-0.15, -0.1) is 0 Å². The maximum Gasteiger partial charge on any atom is 0.254 e. The molecule has 9 heteroatoms. The number of hydrogen-bond donors (Lipinski definition) is 1. The predicted molar refractivity (Wildman–Crippen MR) is 182 cm³/mol. The van der Waals surface area contributed by atoms with Gasteiger partial charge in [0.1, 0.15) is 22.7 Å². The number of likely N-dealkylation sites (tertiary alicyclic amines) is 1. The highest BCUT2D eigenvalue weighted by Gasteiger charge is 2.27. The molecule has 0 spiro atoms. The fourth-order valence-corrected chi connectivity index (χ4v) is 7.42. The summed E-state index contributed by atoms with van der Waals surface area (Å²) < 4.78 is 25.7. The quantitative estimate of drug-likeness (QED) is 0.227. The molecule has 238 valence electrons. The normalized spacial score (nSPS) is 16.7. The largest absolute Gasteiger partial charge is 0.494 e. The third-order valence-corrected chi connectivity index (χ3v) is 9.61. The molecule has 1 atom stereocenters. The molecule has 47 heavy (non-hydrogen) atoms. The van der Waals surface area contributed by atoms with Crippen molar-refractivity contribution in [3.63, 3.8) is 0 Å². The Hall–Kier alpha value is -5.02. The highest BCUT2D eigenvalue weighted by Crippen LogP contribution is 2.37. The molecule has 1 saturated heterocycles. The number of aromatic nitrogens is 4. The first-order chi connectivity index (χ1) is 23.0. The van der Waals surface area contributed by atoms with Crippen LogP contribution < -0.4 is 10.5 Å². The Morgan fingerprint density at radius 3 is 2.74 bits per heavy atom. The number of hydrogen-bond acceptors (Lipinski definition) is 5. The minimum Gasteiger partial charge on any atom is -0.494 e. The van der Waals surface area contributed by atoms with E-state index in [1.807, 2.05) is 29.3 Å². The number of fused-ring (bicyclic) bond motifs is 11. The lowest BCUT2D eigenvalue weighted by molar-refractivity contribution is 0.0708. The van der Waals surface area contributed by atoms with Crippen molar-refractivity contribution in [1.82, 2.24) is 24.0 Å². The van der Waals surface area contributed by atoms with Gasteiger partial charge < -0.3 is 24.5 Å². The summed E-state index contributed by atoms with van der Waals surface area (Å²) in [7, 11) is 1.61. The van der Waals surface area contributed by atoms with Gasteiger partial charge in [0.2, 0.25) is 0 Å². The fourth-order valence-electron chi connectivity index (χ4n) is 7.42. The zero-order valence-electron chi connectivity index (χ0n) is 26.5. The second-order valence-corrected chi connectivity index (χ2v) is 12.8. The summed E-state index contributed by atoms with van der Waals surface area (Å²) in [5.74, 6) is 0.879. The molecule has 8 nitrogen and oxygen atoms in total. The molecule has 0 saturated carbocycles. The fraction of sp³-hybridized carbons (Fsp3) is 0.289. The molecule has 2 bridgehead atoms. The zero-order valence-corrected chi connectivity index (χ0v) is 26.5. The highest BCUT2D eigenvalue weighted by molar-refractivity contribution is 6.00. The molecular formula is C38H37FN6O2. The summed E-state index contributed by atoms with van der Waals surface area (Å²) in [6.45, 7) is 2.30. The number of halogens is 1. The summed E-state index contributed by atoms with van der Waals surface area (Å²) in [6.07, 6.45) is 6.39. The molecule has 0 aliphatic carbocycles. The van der Waals surface area contributed by atoms with Crippen molar-refractivity contribution in [2.45, 2.75) is 51.2 Å². The summed E-state index contributed by atoms with van der Waals surface area (Å²) in [5.41, 5.74) is 13.9. The highest BCUT2D eigenvalue weighted by atomic mass is 19.1. The number of aryl methyl sites for hydroxylation is 2. The van der Waals surface area contributed by atoms with Gasteiger partial charge in [0.15, 0.2) is 5.82 Å². The molecule has 2 N–H and O–H groups in total. The van der Waals surface area contributed by atoms with Crippen LogP contribution in [0.2, 0.25) is 0 Å². The second-order valence-electron chi connectivity index (χ2n) is 12.8. The molecule has 3 aromatic carbocycles. The lowest BCUT2D eigenvalue weighted by Gasteiger charge is -2.30. The molecule has 0 radical (unpaired) electrons. The van der Waals surface area contributed by atoms with Gasteiger partial charge in [-0.1, -0.05) is 24.3 Å². The number of carbonyl (C=O) groups is 1. The Balaban J connectivity index is 1.36. The Kier molecular flexibility index (Phi) is 7.48. The van der Waals surface area contributed by atoms with Crippen molar-refractivity contribution in [2.75, 3.05) is 20.2 Å². The molecule has 2 aliphatic rings. The van der Waals surface area contributed by atoms with Crippen molar-refractivity contribution in [3.05, 3.63) is 102 Å². The van der Waals surface area contributed by atoms with E-state index in [2.05, 4.69) is 45.5 Å². The number of nitrogens with zero attached hydrogens (tertiary/aromatic N) is 5. The number of ether oxygens (including phenoxy) is 1. The van der Waals surface area contributed by atoms with Crippen molar-refractivity contribution >= 4 is 28.0 Å². The number of benzene rings is 3. The third kappa shape index (κ3) is 5.34. The molecule has 1 fully saturated rings. The van der Waals surface area contributed by atoms with E-state index in [0.29, 0.717) is 42.3 Å². The van der Waals surface area contributed by atoms with Gasteiger partial charge in [-0.3, -0.25) is 4.79 Å². The third-order valence-electron chi connectivity index (χ3n) is 9.61. The van der Waals surface area contributed by atoms with Crippen LogP contribution in [0.3, 0.4) is 0 Å². The van der Waals surface area contributed by atoms with Crippen LogP contribution in [0.4, 0.5) is 4.39 Å². The van der Waals surface area contributed by atoms with Crippen LogP contribution >= 0.6 is 0 Å². The number of methoxy groups -OCH3 is 1. The van der Waals surface area contributed by atoms with E-state index in [1.54, 1.807) is 25.3 Å². The van der Waals surface area contributed by atoms with Gasteiger partial charge in [-0.2, -0.15) is 0 Å². The molecule has 0 unspecified atom stereocenters. The molecule has 2 aliphatic heterocycles. The first kappa shape index (κ1) is 29.4. The number of imidazole rings is 1. The van der Waals surface area contributed by atoms with Gasteiger partial charge in [-0.25, -0.2) is 14.4 Å². The van der Waals surface area contributed by atoms with Gasteiger partial charge >= 0.3 is 0 Å². The first-order valence-electron chi connectivity index (χ1n) is 16.4. The number of amides is 1. The van der Waals surface area contributed by atoms with Crippen LogP contribution in [0.1, 0.15) is 47.2 Å².